The van der Waals surface area contributed by atoms with Gasteiger partial charge < -0.3 is 10.2 Å². The molecule has 1 aromatic heterocycles. The number of rotatable bonds is 2. The van der Waals surface area contributed by atoms with Crippen LogP contribution in [0, 0.1) is 5.82 Å². The molecule has 82 valence electrons. The minimum absolute atomic E-state index is 0.0108. The Labute approximate surface area is 94.8 Å². The van der Waals surface area contributed by atoms with Crippen LogP contribution in [-0.4, -0.2) is 10.9 Å². The van der Waals surface area contributed by atoms with Crippen LogP contribution in [0.15, 0.2) is 28.8 Å². The van der Waals surface area contributed by atoms with E-state index in [9.17, 15) is 9.18 Å². The van der Waals surface area contributed by atoms with Crippen molar-refractivity contribution in [2.75, 3.05) is 0 Å². The number of hydrogen-bond donors (Lipinski definition) is 1. The molecule has 0 aliphatic heterocycles. The predicted molar refractivity (Wildman–Crippen MR) is 55.4 cm³/mol. The van der Waals surface area contributed by atoms with Crippen molar-refractivity contribution in [3.8, 4) is 11.5 Å². The Morgan fingerprint density at radius 2 is 2.25 bits per heavy atom. The molecular formula is C10H6ClFN2O2. The number of benzene rings is 1. The monoisotopic (exact) mass is 240 g/mol. The largest absolute Gasteiger partial charge is 0.431 e. The Balaban J connectivity index is 2.54. The van der Waals surface area contributed by atoms with Gasteiger partial charge in [-0.3, -0.25) is 4.79 Å². The number of aromatic nitrogens is 1. The van der Waals surface area contributed by atoms with E-state index in [-0.39, 0.29) is 22.2 Å². The molecule has 6 heteroatoms. The molecule has 0 saturated heterocycles. The minimum atomic E-state index is -0.772. The second-order valence-corrected chi connectivity index (χ2v) is 3.40. The zero-order chi connectivity index (χ0) is 11.7. The average Bonchev–Trinajstić information content (AvgIpc) is 2.66. The molecule has 0 bridgehead atoms. The van der Waals surface area contributed by atoms with Gasteiger partial charge in [0.05, 0.1) is 16.8 Å². The highest BCUT2D eigenvalue weighted by molar-refractivity contribution is 6.33. The third-order valence-electron chi connectivity index (χ3n) is 1.93. The number of carbonyl (C=O) groups is 1. The number of amides is 1. The summed E-state index contributed by atoms with van der Waals surface area (Å²) >= 11 is 5.80. The molecule has 0 unspecified atom stereocenters. The zero-order valence-corrected chi connectivity index (χ0v) is 8.66. The highest BCUT2D eigenvalue weighted by Gasteiger charge is 2.16. The van der Waals surface area contributed by atoms with Crippen LogP contribution in [0.2, 0.25) is 5.02 Å². The van der Waals surface area contributed by atoms with Gasteiger partial charge in [0.25, 0.3) is 5.91 Å². The summed E-state index contributed by atoms with van der Waals surface area (Å²) in [5.74, 6) is -1.57. The smallest absolute Gasteiger partial charge is 0.286 e. The van der Waals surface area contributed by atoms with Gasteiger partial charge in [-0.15, -0.1) is 0 Å². The summed E-state index contributed by atoms with van der Waals surface area (Å²) in [7, 11) is 0. The van der Waals surface area contributed by atoms with Gasteiger partial charge in [-0.05, 0) is 12.1 Å². The lowest BCUT2D eigenvalue weighted by molar-refractivity contribution is 0.0974. The summed E-state index contributed by atoms with van der Waals surface area (Å²) in [4.78, 5) is 14.5. The van der Waals surface area contributed by atoms with E-state index in [4.69, 9.17) is 21.8 Å². The SMILES string of the molecule is NC(=O)c1cnc(-c2c(F)cccc2Cl)o1. The van der Waals surface area contributed by atoms with E-state index in [2.05, 4.69) is 4.98 Å². The molecule has 0 fully saturated rings. The first-order valence-electron chi connectivity index (χ1n) is 4.29. The first-order valence-corrected chi connectivity index (χ1v) is 4.67. The summed E-state index contributed by atoms with van der Waals surface area (Å²) in [5, 5.41) is 0.151. The van der Waals surface area contributed by atoms with E-state index in [1.54, 1.807) is 0 Å². The van der Waals surface area contributed by atoms with Crippen molar-refractivity contribution in [3.05, 3.63) is 41.0 Å². The van der Waals surface area contributed by atoms with Crippen molar-refractivity contribution in [1.29, 1.82) is 0 Å². The maximum atomic E-state index is 13.4. The summed E-state index contributed by atoms with van der Waals surface area (Å²) in [6, 6.07) is 4.17. The van der Waals surface area contributed by atoms with Gasteiger partial charge in [0, 0.05) is 0 Å². The topological polar surface area (TPSA) is 69.1 Å². The fourth-order valence-corrected chi connectivity index (χ4v) is 1.45. The molecule has 0 atom stereocenters. The summed E-state index contributed by atoms with van der Waals surface area (Å²) in [6.07, 6.45) is 1.13. The molecular weight excluding hydrogens is 235 g/mol. The molecule has 2 N–H and O–H groups in total. The molecule has 2 rings (SSSR count). The Morgan fingerprint density at radius 1 is 1.50 bits per heavy atom. The lowest BCUT2D eigenvalue weighted by Gasteiger charge is -2.00. The van der Waals surface area contributed by atoms with Crippen molar-refractivity contribution in [3.63, 3.8) is 0 Å². The van der Waals surface area contributed by atoms with Crippen LogP contribution in [0.3, 0.4) is 0 Å². The number of nitrogens with zero attached hydrogens (tertiary/aromatic N) is 1. The van der Waals surface area contributed by atoms with Crippen LogP contribution in [0.25, 0.3) is 11.5 Å². The minimum Gasteiger partial charge on any atom is -0.431 e. The van der Waals surface area contributed by atoms with E-state index in [0.717, 1.165) is 6.20 Å². The Bertz CT molecular complexity index is 533. The van der Waals surface area contributed by atoms with E-state index < -0.39 is 11.7 Å². The molecule has 16 heavy (non-hydrogen) atoms. The molecule has 1 aromatic carbocycles. The second-order valence-electron chi connectivity index (χ2n) is 2.99. The Kier molecular flexibility index (Phi) is 2.62. The molecule has 0 aliphatic rings. The van der Waals surface area contributed by atoms with Crippen molar-refractivity contribution in [1.82, 2.24) is 4.98 Å². The quantitative estimate of drug-likeness (QED) is 0.875. The fourth-order valence-electron chi connectivity index (χ4n) is 1.21. The summed E-state index contributed by atoms with van der Waals surface area (Å²) in [5.41, 5.74) is 4.99. The van der Waals surface area contributed by atoms with Gasteiger partial charge >= 0.3 is 0 Å². The molecule has 0 radical (unpaired) electrons. The van der Waals surface area contributed by atoms with Crippen LogP contribution in [-0.2, 0) is 0 Å². The normalized spacial score (nSPS) is 10.4. The molecule has 0 aliphatic carbocycles. The molecule has 1 amide bonds. The van der Waals surface area contributed by atoms with Gasteiger partial charge in [-0.2, -0.15) is 0 Å². The first kappa shape index (κ1) is 10.6. The highest BCUT2D eigenvalue weighted by Crippen LogP contribution is 2.29. The zero-order valence-electron chi connectivity index (χ0n) is 7.91. The van der Waals surface area contributed by atoms with Crippen LogP contribution < -0.4 is 5.73 Å². The van der Waals surface area contributed by atoms with Crippen LogP contribution >= 0.6 is 11.6 Å². The molecule has 0 saturated carbocycles. The predicted octanol–water partition coefficient (Wildman–Crippen LogP) is 2.23. The van der Waals surface area contributed by atoms with Crippen molar-refractivity contribution in [2.45, 2.75) is 0 Å². The number of carbonyl (C=O) groups excluding carboxylic acids is 1. The van der Waals surface area contributed by atoms with Gasteiger partial charge in [0.2, 0.25) is 11.7 Å². The lowest BCUT2D eigenvalue weighted by atomic mass is 10.2. The third-order valence-corrected chi connectivity index (χ3v) is 2.24. The van der Waals surface area contributed by atoms with Gasteiger partial charge in [0.1, 0.15) is 5.82 Å². The fraction of sp³-hybridized carbons (Fsp3) is 0. The number of nitrogens with two attached hydrogens (primary N) is 1. The Morgan fingerprint density at radius 3 is 2.81 bits per heavy atom. The average molecular weight is 241 g/mol. The molecule has 4 nitrogen and oxygen atoms in total. The Hall–Kier alpha value is -1.88. The van der Waals surface area contributed by atoms with E-state index in [1.807, 2.05) is 0 Å². The van der Waals surface area contributed by atoms with E-state index in [0.29, 0.717) is 0 Å². The van der Waals surface area contributed by atoms with Crippen molar-refractivity contribution >= 4 is 17.5 Å². The number of oxazole rings is 1. The maximum Gasteiger partial charge on any atom is 0.286 e. The van der Waals surface area contributed by atoms with E-state index >= 15 is 0 Å². The first-order chi connectivity index (χ1) is 7.59. The maximum absolute atomic E-state index is 13.4. The van der Waals surface area contributed by atoms with Gasteiger partial charge in [0.15, 0.2) is 0 Å². The second kappa shape index (κ2) is 3.94. The third kappa shape index (κ3) is 1.77. The van der Waals surface area contributed by atoms with Crippen LogP contribution in [0.1, 0.15) is 10.6 Å². The standard InChI is InChI=1S/C10H6ClFN2O2/c11-5-2-1-3-6(12)8(5)10-14-4-7(16-10)9(13)15/h1-4H,(H2,13,15). The van der Waals surface area contributed by atoms with Crippen LogP contribution in [0.5, 0.6) is 0 Å². The summed E-state index contributed by atoms with van der Waals surface area (Å²) < 4.78 is 18.4. The number of hydrogen-bond acceptors (Lipinski definition) is 3. The number of halogens is 2. The molecule has 2 aromatic rings. The van der Waals surface area contributed by atoms with Gasteiger partial charge in [-0.25, -0.2) is 9.37 Å². The highest BCUT2D eigenvalue weighted by atomic mass is 35.5. The lowest BCUT2D eigenvalue weighted by Crippen LogP contribution is -2.09. The van der Waals surface area contributed by atoms with Crippen LogP contribution in [0.4, 0.5) is 4.39 Å². The molecule has 0 spiro atoms. The summed E-state index contributed by atoms with van der Waals surface area (Å²) in [6.45, 7) is 0. The van der Waals surface area contributed by atoms with Gasteiger partial charge in [-0.1, -0.05) is 17.7 Å². The van der Waals surface area contributed by atoms with Crippen molar-refractivity contribution < 1.29 is 13.6 Å². The number of primary amides is 1. The van der Waals surface area contributed by atoms with Crippen molar-refractivity contribution in [2.24, 2.45) is 5.73 Å². The molecule has 1 heterocycles. The van der Waals surface area contributed by atoms with E-state index in [1.165, 1.54) is 18.2 Å².